The van der Waals surface area contributed by atoms with E-state index in [1.54, 1.807) is 12.1 Å². The molecule has 2 aliphatic heterocycles. The molecule has 0 unspecified atom stereocenters. The van der Waals surface area contributed by atoms with E-state index in [4.69, 9.17) is 14.6 Å². The molecule has 6 nitrogen and oxygen atoms in total. The van der Waals surface area contributed by atoms with Gasteiger partial charge in [0.05, 0.1) is 6.61 Å². The van der Waals surface area contributed by atoms with E-state index in [0.717, 1.165) is 57.9 Å². The number of ether oxygens (including phenoxy) is 1. The van der Waals surface area contributed by atoms with Crippen LogP contribution in [-0.2, 0) is 11.3 Å². The summed E-state index contributed by atoms with van der Waals surface area (Å²) in [6.07, 6.45) is -0.606. The second-order valence-corrected chi connectivity index (χ2v) is 10.7. The predicted octanol–water partition coefficient (Wildman–Crippen LogP) is 6.01. The zero-order valence-electron chi connectivity index (χ0n) is 22.3. The molecule has 4 rings (SSSR count). The molecule has 2 fully saturated rings. The fourth-order valence-corrected chi connectivity index (χ4v) is 4.92. The van der Waals surface area contributed by atoms with Crippen LogP contribution >= 0.6 is 0 Å². The normalized spacial score (nSPS) is 17.5. The van der Waals surface area contributed by atoms with Crippen LogP contribution in [0.15, 0.2) is 48.5 Å². The van der Waals surface area contributed by atoms with E-state index >= 15 is 0 Å². The number of carboxylic acid groups (broad SMARTS) is 1. The van der Waals surface area contributed by atoms with Crippen molar-refractivity contribution in [2.24, 2.45) is 11.3 Å². The molecule has 2 aromatic rings. The van der Waals surface area contributed by atoms with Crippen molar-refractivity contribution in [3.8, 4) is 5.75 Å². The summed E-state index contributed by atoms with van der Waals surface area (Å²) in [4.78, 5) is 26.1. The third-order valence-electron chi connectivity index (χ3n) is 7.30. The first-order chi connectivity index (χ1) is 18.4. The molecule has 0 radical (unpaired) electrons. The number of halogens is 4. The number of likely N-dealkylation sites (tertiary alicyclic amines) is 2. The van der Waals surface area contributed by atoms with Crippen molar-refractivity contribution < 1.29 is 37.0 Å². The van der Waals surface area contributed by atoms with E-state index < -0.39 is 12.1 Å². The molecule has 0 bridgehead atoms. The van der Waals surface area contributed by atoms with Gasteiger partial charge in [-0.15, -0.1) is 0 Å². The minimum absolute atomic E-state index is 0.0234. The van der Waals surface area contributed by atoms with Crippen molar-refractivity contribution >= 4 is 11.9 Å². The number of aliphatic carboxylic acids is 1. The van der Waals surface area contributed by atoms with E-state index in [1.807, 2.05) is 11.0 Å². The summed E-state index contributed by atoms with van der Waals surface area (Å²) in [6, 6.07) is 14.3. The third-order valence-corrected chi connectivity index (χ3v) is 7.30. The lowest BCUT2D eigenvalue weighted by atomic mass is 9.71. The Morgan fingerprint density at radius 2 is 1.49 bits per heavy atom. The van der Waals surface area contributed by atoms with Crippen LogP contribution < -0.4 is 4.74 Å². The highest BCUT2D eigenvalue weighted by atomic mass is 19.4. The minimum atomic E-state index is -5.08. The molecule has 0 saturated carbocycles. The molecule has 214 valence electrons. The summed E-state index contributed by atoms with van der Waals surface area (Å²) in [5.41, 5.74) is 2.20. The Kier molecular flexibility index (Phi) is 10.4. The number of carbonyl (C=O) groups excluding carboxylic acids is 1. The number of amides is 1. The molecule has 2 heterocycles. The summed E-state index contributed by atoms with van der Waals surface area (Å²) in [5.74, 6) is -1.52. The highest BCUT2D eigenvalue weighted by molar-refractivity contribution is 5.94. The predicted molar refractivity (Wildman–Crippen MR) is 139 cm³/mol. The molecule has 0 aliphatic carbocycles. The Morgan fingerprint density at radius 1 is 0.949 bits per heavy atom. The minimum Gasteiger partial charge on any atom is -0.493 e. The van der Waals surface area contributed by atoms with Gasteiger partial charge in [0.1, 0.15) is 11.6 Å². The number of rotatable bonds is 6. The Hall–Kier alpha value is -3.14. The van der Waals surface area contributed by atoms with Gasteiger partial charge in [-0.2, -0.15) is 13.2 Å². The van der Waals surface area contributed by atoms with Crippen molar-refractivity contribution in [2.45, 2.75) is 52.3 Å². The van der Waals surface area contributed by atoms with Gasteiger partial charge in [-0.1, -0.05) is 32.0 Å². The van der Waals surface area contributed by atoms with Crippen molar-refractivity contribution in [3.05, 3.63) is 65.5 Å². The first kappa shape index (κ1) is 30.4. The number of hydrogen-bond donors (Lipinski definition) is 1. The smallest absolute Gasteiger partial charge is 0.490 e. The molecule has 0 atom stereocenters. The molecule has 39 heavy (non-hydrogen) atoms. The number of benzene rings is 2. The molecule has 1 amide bonds. The fraction of sp³-hybridized carbons (Fsp3) is 0.517. The van der Waals surface area contributed by atoms with Crippen LogP contribution in [0.25, 0.3) is 0 Å². The number of piperidine rings is 2. The molecular formula is C29H36F4N2O4. The van der Waals surface area contributed by atoms with E-state index in [9.17, 15) is 22.4 Å². The summed E-state index contributed by atoms with van der Waals surface area (Å²) >= 11 is 0. The largest absolute Gasteiger partial charge is 0.493 e. The third kappa shape index (κ3) is 8.95. The molecule has 2 saturated heterocycles. The summed E-state index contributed by atoms with van der Waals surface area (Å²) in [5, 5.41) is 7.12. The average molecular weight is 553 g/mol. The average Bonchev–Trinajstić information content (AvgIpc) is 2.90. The molecule has 0 aromatic heterocycles. The number of nitrogens with zero attached hydrogens (tertiary/aromatic N) is 2. The number of alkyl halides is 3. The second-order valence-electron chi connectivity index (χ2n) is 10.7. The van der Waals surface area contributed by atoms with Crippen molar-refractivity contribution in [3.63, 3.8) is 0 Å². The second kappa shape index (κ2) is 13.3. The van der Waals surface area contributed by atoms with Gasteiger partial charge >= 0.3 is 12.1 Å². The first-order valence-electron chi connectivity index (χ1n) is 13.2. The van der Waals surface area contributed by atoms with Crippen LogP contribution in [0.5, 0.6) is 5.75 Å². The molecule has 10 heteroatoms. The van der Waals surface area contributed by atoms with Crippen LogP contribution in [0.3, 0.4) is 0 Å². The highest BCUT2D eigenvalue weighted by Crippen LogP contribution is 2.42. The van der Waals surface area contributed by atoms with Gasteiger partial charge < -0.3 is 14.7 Å². The number of hydrogen-bond acceptors (Lipinski definition) is 4. The lowest BCUT2D eigenvalue weighted by Crippen LogP contribution is -2.48. The summed E-state index contributed by atoms with van der Waals surface area (Å²) < 4.78 is 50.9. The summed E-state index contributed by atoms with van der Waals surface area (Å²) in [6.45, 7) is 9.78. The van der Waals surface area contributed by atoms with Crippen LogP contribution in [0.4, 0.5) is 17.6 Å². The first-order valence-corrected chi connectivity index (χ1v) is 13.2. The maximum absolute atomic E-state index is 13.2. The van der Waals surface area contributed by atoms with E-state index in [0.29, 0.717) is 16.9 Å². The highest BCUT2D eigenvalue weighted by Gasteiger charge is 2.39. The van der Waals surface area contributed by atoms with Gasteiger partial charge in [0.25, 0.3) is 5.91 Å². The Bertz CT molecular complexity index is 1090. The van der Waals surface area contributed by atoms with Crippen molar-refractivity contribution in [1.82, 2.24) is 9.80 Å². The monoisotopic (exact) mass is 552 g/mol. The van der Waals surface area contributed by atoms with Crippen LogP contribution in [0.1, 0.15) is 55.5 Å². The van der Waals surface area contributed by atoms with Gasteiger partial charge in [0.2, 0.25) is 0 Å². The number of para-hydroxylation sites is 1. The number of carboxylic acids is 1. The van der Waals surface area contributed by atoms with Crippen LogP contribution in [0, 0.1) is 17.2 Å². The topological polar surface area (TPSA) is 70.1 Å². The SMILES string of the molecule is CC(C)COc1ccccc1CN1CCC2(CC1)CCN(C(=O)c1ccc(F)cc1)CC2.O=C(O)C(F)(F)F. The van der Waals surface area contributed by atoms with Gasteiger partial charge in [-0.3, -0.25) is 9.69 Å². The molecule has 2 aromatic carbocycles. The van der Waals surface area contributed by atoms with Gasteiger partial charge in [0, 0.05) is 30.8 Å². The number of carbonyl (C=O) groups is 2. The van der Waals surface area contributed by atoms with E-state index in [1.165, 1.54) is 30.5 Å². The lowest BCUT2D eigenvalue weighted by molar-refractivity contribution is -0.192. The Balaban J connectivity index is 0.000000532. The zero-order chi connectivity index (χ0) is 28.6. The maximum atomic E-state index is 13.2. The Labute approximate surface area is 226 Å². The maximum Gasteiger partial charge on any atom is 0.490 e. The Morgan fingerprint density at radius 3 is 2.03 bits per heavy atom. The zero-order valence-corrected chi connectivity index (χ0v) is 22.3. The molecular weight excluding hydrogens is 516 g/mol. The van der Waals surface area contributed by atoms with Crippen LogP contribution in [0.2, 0.25) is 0 Å². The molecule has 1 N–H and O–H groups in total. The van der Waals surface area contributed by atoms with Crippen molar-refractivity contribution in [2.75, 3.05) is 32.8 Å². The van der Waals surface area contributed by atoms with Gasteiger partial charge in [-0.05, 0) is 80.4 Å². The quantitative estimate of drug-likeness (QED) is 0.445. The molecule has 2 aliphatic rings. The van der Waals surface area contributed by atoms with E-state index in [-0.39, 0.29) is 11.7 Å². The fourth-order valence-electron chi connectivity index (χ4n) is 4.92. The van der Waals surface area contributed by atoms with Gasteiger partial charge in [-0.25, -0.2) is 9.18 Å². The van der Waals surface area contributed by atoms with E-state index in [2.05, 4.69) is 36.9 Å². The van der Waals surface area contributed by atoms with Crippen LogP contribution in [-0.4, -0.2) is 65.7 Å². The lowest BCUT2D eigenvalue weighted by Gasteiger charge is -2.47. The van der Waals surface area contributed by atoms with Crippen molar-refractivity contribution in [1.29, 1.82) is 0 Å². The molecule has 1 spiro atoms. The standard InChI is InChI=1S/C27H35FN2O2.C2HF3O2/c1-21(2)20-32-25-6-4-3-5-23(25)19-29-15-11-27(12-16-29)13-17-30(18-14-27)26(31)22-7-9-24(28)10-8-22;3-2(4,5)1(6)7/h3-10,21H,11-20H2,1-2H3;(H,6,7). The van der Waals surface area contributed by atoms with Gasteiger partial charge in [0.15, 0.2) is 0 Å². The summed E-state index contributed by atoms with van der Waals surface area (Å²) in [7, 11) is 0.